The molecule has 0 aliphatic heterocycles. The predicted molar refractivity (Wildman–Crippen MR) is 85.2 cm³/mol. The van der Waals surface area contributed by atoms with E-state index in [9.17, 15) is 13.5 Å². The quantitative estimate of drug-likeness (QED) is 0.874. The fourth-order valence-corrected chi connectivity index (χ4v) is 4.29. The van der Waals surface area contributed by atoms with Crippen LogP contribution in [-0.4, -0.2) is 13.5 Å². The second-order valence-electron chi connectivity index (χ2n) is 4.70. The topological polar surface area (TPSA) is 66.4 Å². The molecular formula is C14H16ClNO3S2. The van der Waals surface area contributed by atoms with Crippen molar-refractivity contribution >= 4 is 33.0 Å². The van der Waals surface area contributed by atoms with Crippen molar-refractivity contribution in [2.75, 3.05) is 0 Å². The molecule has 0 saturated heterocycles. The van der Waals surface area contributed by atoms with Gasteiger partial charge in [0, 0.05) is 14.8 Å². The highest BCUT2D eigenvalue weighted by Crippen LogP contribution is 2.25. The van der Waals surface area contributed by atoms with E-state index in [1.807, 2.05) is 19.1 Å². The minimum Gasteiger partial charge on any atom is -0.392 e. The molecule has 114 valence electrons. The Morgan fingerprint density at radius 3 is 2.62 bits per heavy atom. The molecular weight excluding hydrogens is 330 g/mol. The van der Waals surface area contributed by atoms with Crippen LogP contribution in [0.3, 0.4) is 0 Å². The number of thiophene rings is 1. The molecule has 7 heteroatoms. The summed E-state index contributed by atoms with van der Waals surface area (Å²) >= 11 is 7.43. The molecule has 2 aromatic rings. The maximum Gasteiger partial charge on any atom is 0.241 e. The lowest BCUT2D eigenvalue weighted by atomic mass is 10.2. The van der Waals surface area contributed by atoms with E-state index in [-0.39, 0.29) is 17.5 Å². The van der Waals surface area contributed by atoms with Crippen LogP contribution in [0.25, 0.3) is 0 Å². The number of sulfonamides is 1. The summed E-state index contributed by atoms with van der Waals surface area (Å²) in [6, 6.07) is 7.84. The van der Waals surface area contributed by atoms with Crippen LogP contribution >= 0.6 is 22.9 Å². The van der Waals surface area contributed by atoms with Gasteiger partial charge in [-0.1, -0.05) is 11.6 Å². The molecule has 1 heterocycles. The molecule has 0 spiro atoms. The van der Waals surface area contributed by atoms with E-state index in [0.717, 1.165) is 9.75 Å². The third-order valence-corrected chi connectivity index (χ3v) is 6.11. The number of aliphatic hydroxyl groups is 1. The number of halogens is 1. The normalized spacial score (nSPS) is 13.3. The average Bonchev–Trinajstić information content (AvgIpc) is 2.85. The van der Waals surface area contributed by atoms with Gasteiger partial charge in [-0.25, -0.2) is 13.1 Å². The van der Waals surface area contributed by atoms with Crippen molar-refractivity contribution < 1.29 is 13.5 Å². The highest BCUT2D eigenvalue weighted by molar-refractivity contribution is 7.89. The van der Waals surface area contributed by atoms with E-state index in [4.69, 9.17) is 11.6 Å². The first-order valence-corrected chi connectivity index (χ1v) is 8.99. The summed E-state index contributed by atoms with van der Waals surface area (Å²) in [4.78, 5) is 2.17. The number of aliphatic hydroxyl groups excluding tert-OH is 1. The van der Waals surface area contributed by atoms with Crippen molar-refractivity contribution in [3.8, 4) is 0 Å². The van der Waals surface area contributed by atoms with Crippen LogP contribution in [0.15, 0.2) is 35.2 Å². The van der Waals surface area contributed by atoms with Gasteiger partial charge < -0.3 is 5.11 Å². The summed E-state index contributed by atoms with van der Waals surface area (Å²) in [6.45, 7) is 3.47. The summed E-state index contributed by atoms with van der Waals surface area (Å²) < 4.78 is 27.4. The van der Waals surface area contributed by atoms with Gasteiger partial charge in [-0.3, -0.25) is 0 Å². The number of hydrogen-bond donors (Lipinski definition) is 2. The van der Waals surface area contributed by atoms with Crippen molar-refractivity contribution in [2.45, 2.75) is 31.4 Å². The van der Waals surface area contributed by atoms with E-state index in [1.54, 1.807) is 18.3 Å². The Bertz CT molecular complexity index is 740. The minimum absolute atomic E-state index is 0.0936. The summed E-state index contributed by atoms with van der Waals surface area (Å²) in [5, 5.41) is 9.52. The summed E-state index contributed by atoms with van der Waals surface area (Å²) in [5.41, 5.74) is 0.388. The molecule has 0 radical (unpaired) electrons. The smallest absolute Gasteiger partial charge is 0.241 e. The molecule has 0 saturated carbocycles. The van der Waals surface area contributed by atoms with Crippen LogP contribution in [0.2, 0.25) is 5.02 Å². The summed E-state index contributed by atoms with van der Waals surface area (Å²) in [5.74, 6) is 0. The van der Waals surface area contributed by atoms with Crippen molar-refractivity contribution in [1.29, 1.82) is 0 Å². The molecule has 1 aromatic carbocycles. The molecule has 2 rings (SSSR count). The maximum atomic E-state index is 12.4. The second-order valence-corrected chi connectivity index (χ2v) is 8.14. The highest BCUT2D eigenvalue weighted by atomic mass is 35.5. The van der Waals surface area contributed by atoms with Crippen LogP contribution in [-0.2, 0) is 16.6 Å². The fourth-order valence-electron chi connectivity index (χ4n) is 1.88. The molecule has 4 nitrogen and oxygen atoms in total. The van der Waals surface area contributed by atoms with Gasteiger partial charge in [0.25, 0.3) is 0 Å². The molecule has 1 atom stereocenters. The van der Waals surface area contributed by atoms with Crippen molar-refractivity contribution in [1.82, 2.24) is 4.72 Å². The van der Waals surface area contributed by atoms with Gasteiger partial charge in [0.1, 0.15) is 0 Å². The Labute approximate surface area is 133 Å². The zero-order valence-corrected chi connectivity index (χ0v) is 14.0. The molecule has 1 unspecified atom stereocenters. The lowest BCUT2D eigenvalue weighted by Crippen LogP contribution is -2.26. The fraction of sp³-hybridized carbons (Fsp3) is 0.286. The molecule has 1 aromatic heterocycles. The Morgan fingerprint density at radius 1 is 1.33 bits per heavy atom. The molecule has 21 heavy (non-hydrogen) atoms. The first-order valence-electron chi connectivity index (χ1n) is 6.31. The van der Waals surface area contributed by atoms with Crippen molar-refractivity contribution in [2.24, 2.45) is 0 Å². The number of aryl methyl sites for hydroxylation is 1. The molecule has 0 bridgehead atoms. The first kappa shape index (κ1) is 16.5. The zero-order valence-electron chi connectivity index (χ0n) is 11.6. The molecule has 0 fully saturated rings. The van der Waals surface area contributed by atoms with Gasteiger partial charge in [-0.15, -0.1) is 11.3 Å². The Morgan fingerprint density at radius 2 is 2.05 bits per heavy atom. The summed E-state index contributed by atoms with van der Waals surface area (Å²) in [7, 11) is -3.66. The van der Waals surface area contributed by atoms with E-state index >= 15 is 0 Å². The largest absolute Gasteiger partial charge is 0.392 e. The third kappa shape index (κ3) is 3.84. The van der Waals surface area contributed by atoms with Gasteiger partial charge >= 0.3 is 0 Å². The number of nitrogens with one attached hydrogen (secondary N) is 1. The lowest BCUT2D eigenvalue weighted by molar-refractivity contribution is 0.281. The van der Waals surface area contributed by atoms with E-state index < -0.39 is 10.0 Å². The molecule has 0 aliphatic rings. The maximum absolute atomic E-state index is 12.4. The van der Waals surface area contributed by atoms with Gasteiger partial charge in [0.2, 0.25) is 10.0 Å². The number of benzene rings is 1. The van der Waals surface area contributed by atoms with Crippen LogP contribution in [0.4, 0.5) is 0 Å². The van der Waals surface area contributed by atoms with E-state index in [0.29, 0.717) is 10.6 Å². The number of hydrogen-bond acceptors (Lipinski definition) is 4. The highest BCUT2D eigenvalue weighted by Gasteiger charge is 2.20. The Balaban J connectivity index is 2.26. The van der Waals surface area contributed by atoms with Gasteiger partial charge in [0.15, 0.2) is 0 Å². The van der Waals surface area contributed by atoms with Crippen LogP contribution < -0.4 is 4.72 Å². The van der Waals surface area contributed by atoms with E-state index in [1.165, 1.54) is 18.2 Å². The van der Waals surface area contributed by atoms with Crippen LogP contribution in [0.1, 0.15) is 28.3 Å². The van der Waals surface area contributed by atoms with E-state index in [2.05, 4.69) is 4.72 Å². The van der Waals surface area contributed by atoms with Crippen molar-refractivity contribution in [3.05, 3.63) is 50.7 Å². The Hall–Kier alpha value is -0.920. The van der Waals surface area contributed by atoms with Crippen molar-refractivity contribution in [3.63, 3.8) is 0 Å². The summed E-state index contributed by atoms with van der Waals surface area (Å²) in [6.07, 6.45) is 0. The SMILES string of the molecule is Cc1ccc(C(C)NS(=O)(=O)c2ccc(Cl)c(CO)c2)s1. The zero-order chi connectivity index (χ0) is 15.6. The average molecular weight is 346 g/mol. The molecule has 0 aliphatic carbocycles. The molecule has 0 amide bonds. The minimum atomic E-state index is -3.66. The van der Waals surface area contributed by atoms with Crippen LogP contribution in [0, 0.1) is 6.92 Å². The van der Waals surface area contributed by atoms with Crippen LogP contribution in [0.5, 0.6) is 0 Å². The predicted octanol–water partition coefficient (Wildman–Crippen LogP) is 3.24. The second kappa shape index (κ2) is 6.46. The van der Waals surface area contributed by atoms with Gasteiger partial charge in [-0.2, -0.15) is 0 Å². The Kier molecular flexibility index (Phi) is 5.06. The third-order valence-electron chi connectivity index (χ3n) is 3.02. The monoisotopic (exact) mass is 345 g/mol. The van der Waals surface area contributed by atoms with Gasteiger partial charge in [-0.05, 0) is 49.7 Å². The lowest BCUT2D eigenvalue weighted by Gasteiger charge is -2.13. The first-order chi connectivity index (χ1) is 9.83. The standard InChI is InChI=1S/C14H16ClNO3S2/c1-9-3-6-14(20-9)10(2)16-21(18,19)12-4-5-13(15)11(7-12)8-17/h3-7,10,16-17H,8H2,1-2H3. The molecule has 2 N–H and O–H groups in total. The van der Waals surface area contributed by atoms with Gasteiger partial charge in [0.05, 0.1) is 17.5 Å². The number of rotatable bonds is 5.